The molecule has 1 spiro atoms. The molecule has 0 bridgehead atoms. The van der Waals surface area contributed by atoms with Gasteiger partial charge in [-0.15, -0.1) is 0 Å². The van der Waals surface area contributed by atoms with Gasteiger partial charge in [0.25, 0.3) is 0 Å². The highest BCUT2D eigenvalue weighted by molar-refractivity contribution is 6.01. The van der Waals surface area contributed by atoms with Crippen LogP contribution in [0.4, 0.5) is 21.8 Å². The van der Waals surface area contributed by atoms with E-state index in [-0.39, 0.29) is 5.41 Å². The highest BCUT2D eigenvalue weighted by atomic mass is 19.1. The molecule has 192 valence electrons. The molecule has 37 heavy (non-hydrogen) atoms. The van der Waals surface area contributed by atoms with Crippen molar-refractivity contribution in [2.24, 2.45) is 4.99 Å². The Morgan fingerprint density at radius 3 is 2.51 bits per heavy atom. The normalized spacial score (nSPS) is 19.3. The van der Waals surface area contributed by atoms with Crippen LogP contribution in [0.25, 0.3) is 11.3 Å². The fourth-order valence-electron chi connectivity index (χ4n) is 6.11. The highest BCUT2D eigenvalue weighted by Crippen LogP contribution is 2.52. The van der Waals surface area contributed by atoms with Gasteiger partial charge < -0.3 is 10.2 Å². The Kier molecular flexibility index (Phi) is 6.24. The van der Waals surface area contributed by atoms with Crippen molar-refractivity contribution >= 4 is 23.2 Å². The molecular formula is C29H34FN7. The third-order valence-electron chi connectivity index (χ3n) is 8.33. The van der Waals surface area contributed by atoms with Gasteiger partial charge in [0.1, 0.15) is 11.5 Å². The number of pyridine rings is 1. The lowest BCUT2D eigenvalue weighted by Crippen LogP contribution is -2.43. The van der Waals surface area contributed by atoms with E-state index in [2.05, 4.69) is 63.1 Å². The number of likely N-dealkylation sites (N-methyl/N-ethyl adjacent to an activating group) is 1. The first-order valence-corrected chi connectivity index (χ1v) is 13.3. The van der Waals surface area contributed by atoms with Crippen molar-refractivity contribution in [3.05, 3.63) is 59.2 Å². The molecule has 2 aromatic heterocycles. The topological polar surface area (TPSA) is 69.5 Å². The monoisotopic (exact) mass is 499 g/mol. The third-order valence-corrected chi connectivity index (χ3v) is 8.33. The molecule has 0 atom stereocenters. The van der Waals surface area contributed by atoms with Gasteiger partial charge in [0.05, 0.1) is 11.9 Å². The zero-order valence-electron chi connectivity index (χ0n) is 21.9. The van der Waals surface area contributed by atoms with E-state index in [4.69, 9.17) is 4.99 Å². The van der Waals surface area contributed by atoms with Gasteiger partial charge in [-0.25, -0.2) is 19.3 Å². The first-order valence-electron chi connectivity index (χ1n) is 13.3. The lowest BCUT2D eigenvalue weighted by atomic mass is 9.75. The molecule has 6 rings (SSSR count). The predicted octanol–water partition coefficient (Wildman–Crippen LogP) is 5.39. The summed E-state index contributed by atoms with van der Waals surface area (Å²) in [6.07, 6.45) is 7.74. The van der Waals surface area contributed by atoms with E-state index in [9.17, 15) is 0 Å². The molecule has 1 aromatic carbocycles. The van der Waals surface area contributed by atoms with Gasteiger partial charge in [0.15, 0.2) is 5.82 Å². The summed E-state index contributed by atoms with van der Waals surface area (Å²) in [5.74, 6) is 0.534. The first-order chi connectivity index (χ1) is 17.9. The Hall–Kier alpha value is -3.23. The van der Waals surface area contributed by atoms with Crippen LogP contribution in [0.3, 0.4) is 0 Å². The van der Waals surface area contributed by atoms with Crippen LogP contribution >= 0.6 is 0 Å². The smallest absolute Gasteiger partial charge is 0.229 e. The van der Waals surface area contributed by atoms with E-state index >= 15 is 4.39 Å². The summed E-state index contributed by atoms with van der Waals surface area (Å²) in [5, 5.41) is 3.16. The average Bonchev–Trinajstić information content (AvgIpc) is 3.50. The molecule has 2 fully saturated rings. The van der Waals surface area contributed by atoms with E-state index in [1.165, 1.54) is 35.9 Å². The van der Waals surface area contributed by atoms with Crippen LogP contribution in [0.5, 0.6) is 0 Å². The standard InChI is InChI=1S/C29H34FN7/c1-19-14-22(15-23-26(19)33-20(2)29(23)8-4-5-9-29)27-24(30)17-32-28(35-27)34-25-7-6-21(16-31-25)18-37-12-10-36(3)11-13-37/h6-7,14-17H,4-5,8-13,18H2,1-3H3,(H,31,32,34,35). The fourth-order valence-corrected chi connectivity index (χ4v) is 6.11. The van der Waals surface area contributed by atoms with Gasteiger partial charge >= 0.3 is 0 Å². The molecule has 0 radical (unpaired) electrons. The maximum Gasteiger partial charge on any atom is 0.229 e. The highest BCUT2D eigenvalue weighted by Gasteiger charge is 2.44. The van der Waals surface area contributed by atoms with Gasteiger partial charge in [0, 0.05) is 55.6 Å². The first kappa shape index (κ1) is 24.1. The van der Waals surface area contributed by atoms with Crippen LogP contribution < -0.4 is 5.32 Å². The van der Waals surface area contributed by atoms with E-state index < -0.39 is 5.82 Å². The number of fused-ring (bicyclic) bond motifs is 2. The van der Waals surface area contributed by atoms with Crippen LogP contribution in [-0.2, 0) is 12.0 Å². The van der Waals surface area contributed by atoms with E-state index in [0.29, 0.717) is 17.5 Å². The second kappa shape index (κ2) is 9.58. The maximum atomic E-state index is 15.0. The molecule has 2 aliphatic heterocycles. The summed E-state index contributed by atoms with van der Waals surface area (Å²) in [5.41, 5.74) is 6.76. The molecule has 4 heterocycles. The Bertz CT molecular complexity index is 1340. The van der Waals surface area contributed by atoms with Crippen LogP contribution in [0.15, 0.2) is 41.7 Å². The van der Waals surface area contributed by atoms with Crippen molar-refractivity contribution in [1.29, 1.82) is 0 Å². The third kappa shape index (κ3) is 4.53. The number of halogens is 1. The van der Waals surface area contributed by atoms with Gasteiger partial charge in [-0.2, -0.15) is 0 Å². The molecule has 0 amide bonds. The van der Waals surface area contributed by atoms with Crippen LogP contribution in [0.1, 0.15) is 49.3 Å². The molecule has 1 aliphatic carbocycles. The number of hydrogen-bond acceptors (Lipinski definition) is 7. The zero-order chi connectivity index (χ0) is 25.6. The van der Waals surface area contributed by atoms with Crippen LogP contribution in [-0.4, -0.2) is 63.7 Å². The largest absolute Gasteiger partial charge is 0.309 e. The molecule has 1 saturated carbocycles. The number of hydrogen-bond donors (Lipinski definition) is 1. The van der Waals surface area contributed by atoms with E-state index in [1.54, 1.807) is 0 Å². The van der Waals surface area contributed by atoms with Crippen LogP contribution in [0, 0.1) is 12.7 Å². The molecule has 3 aromatic rings. The quantitative estimate of drug-likeness (QED) is 0.507. The summed E-state index contributed by atoms with van der Waals surface area (Å²) >= 11 is 0. The van der Waals surface area contributed by atoms with Gasteiger partial charge in [0.2, 0.25) is 5.95 Å². The summed E-state index contributed by atoms with van der Waals surface area (Å²) in [4.78, 5) is 23.0. The number of nitrogens with one attached hydrogen (secondary N) is 1. The predicted molar refractivity (Wildman–Crippen MR) is 145 cm³/mol. The number of anilines is 2. The number of benzene rings is 1. The Balaban J connectivity index is 1.22. The number of aliphatic imine (C=N–C) groups is 1. The molecule has 8 heteroatoms. The van der Waals surface area contributed by atoms with Crippen molar-refractivity contribution in [3.8, 4) is 11.3 Å². The number of nitrogens with zero attached hydrogens (tertiary/aromatic N) is 6. The Morgan fingerprint density at radius 2 is 1.78 bits per heavy atom. The Labute approximate surface area is 217 Å². The minimum absolute atomic E-state index is 0.00350. The average molecular weight is 500 g/mol. The molecule has 7 nitrogen and oxygen atoms in total. The maximum absolute atomic E-state index is 15.0. The zero-order valence-corrected chi connectivity index (χ0v) is 21.9. The van der Waals surface area contributed by atoms with Crippen molar-refractivity contribution in [1.82, 2.24) is 24.8 Å². The van der Waals surface area contributed by atoms with Crippen molar-refractivity contribution < 1.29 is 4.39 Å². The SMILES string of the molecule is CC1=Nc2c(C)cc(-c3nc(Nc4ccc(CN5CCN(C)CC5)cn4)ncc3F)cc2C12CCCC2. The Morgan fingerprint density at radius 1 is 1.00 bits per heavy atom. The lowest BCUT2D eigenvalue weighted by molar-refractivity contribution is 0.148. The van der Waals surface area contributed by atoms with Crippen molar-refractivity contribution in [3.63, 3.8) is 0 Å². The van der Waals surface area contributed by atoms with Gasteiger partial charge in [-0.1, -0.05) is 18.9 Å². The summed E-state index contributed by atoms with van der Waals surface area (Å²) < 4.78 is 15.0. The molecule has 1 N–H and O–H groups in total. The number of piperazine rings is 1. The summed E-state index contributed by atoms with van der Waals surface area (Å²) in [6.45, 7) is 9.40. The lowest BCUT2D eigenvalue weighted by Gasteiger charge is -2.32. The van der Waals surface area contributed by atoms with Crippen molar-refractivity contribution in [2.75, 3.05) is 38.5 Å². The number of rotatable bonds is 5. The summed E-state index contributed by atoms with van der Waals surface area (Å²) in [6, 6.07) is 8.10. The second-order valence-corrected chi connectivity index (χ2v) is 10.8. The number of aryl methyl sites for hydroxylation is 1. The van der Waals surface area contributed by atoms with Crippen LogP contribution in [0.2, 0.25) is 0 Å². The second-order valence-electron chi connectivity index (χ2n) is 10.8. The minimum Gasteiger partial charge on any atom is -0.309 e. The van der Waals surface area contributed by atoms with E-state index in [0.717, 1.165) is 62.4 Å². The van der Waals surface area contributed by atoms with Crippen molar-refractivity contribution in [2.45, 2.75) is 51.5 Å². The minimum atomic E-state index is -0.434. The fraction of sp³-hybridized carbons (Fsp3) is 0.448. The molecular weight excluding hydrogens is 465 g/mol. The molecule has 0 unspecified atom stereocenters. The number of aromatic nitrogens is 3. The van der Waals surface area contributed by atoms with Gasteiger partial charge in [-0.05, 0) is 68.6 Å². The molecule has 1 saturated heterocycles. The summed E-state index contributed by atoms with van der Waals surface area (Å²) in [7, 11) is 2.16. The van der Waals surface area contributed by atoms with E-state index in [1.807, 2.05) is 18.3 Å². The van der Waals surface area contributed by atoms with Gasteiger partial charge in [-0.3, -0.25) is 9.89 Å². The molecule has 3 aliphatic rings.